The van der Waals surface area contributed by atoms with Gasteiger partial charge in [0.05, 0.1) is 0 Å². The summed E-state index contributed by atoms with van der Waals surface area (Å²) >= 11 is 5.42. The summed E-state index contributed by atoms with van der Waals surface area (Å²) in [4.78, 5) is 0. The Bertz CT molecular complexity index is 425. The molecule has 0 bridgehead atoms. The molecule has 7 heteroatoms. The van der Waals surface area contributed by atoms with Crippen LogP contribution in [0.25, 0.3) is 0 Å². The van der Waals surface area contributed by atoms with Gasteiger partial charge in [-0.2, -0.15) is 8.42 Å². The molecule has 1 rings (SSSR count). The molecule has 4 nitrogen and oxygen atoms in total. The lowest BCUT2D eigenvalue weighted by Crippen LogP contribution is -2.11. The van der Waals surface area contributed by atoms with Crippen LogP contribution >= 0.6 is 11.6 Å². The third kappa shape index (κ3) is 2.65. The van der Waals surface area contributed by atoms with Gasteiger partial charge < -0.3 is 5.11 Å². The van der Waals surface area contributed by atoms with E-state index < -0.39 is 21.4 Å². The molecule has 0 spiro atoms. The second-order valence-electron chi connectivity index (χ2n) is 2.57. The van der Waals surface area contributed by atoms with Gasteiger partial charge in [-0.1, -0.05) is 11.6 Å². The number of hydrogen-bond acceptors (Lipinski definition) is 3. The van der Waals surface area contributed by atoms with Crippen LogP contribution in [-0.4, -0.2) is 18.1 Å². The van der Waals surface area contributed by atoms with E-state index in [0.717, 1.165) is 18.2 Å². The van der Waals surface area contributed by atoms with Crippen molar-refractivity contribution in [2.45, 2.75) is 5.44 Å². The Kier molecular flexibility index (Phi) is 3.10. The van der Waals surface area contributed by atoms with Gasteiger partial charge in [-0.15, -0.1) is 0 Å². The van der Waals surface area contributed by atoms with Crippen LogP contribution < -0.4 is 0 Å². The summed E-state index contributed by atoms with van der Waals surface area (Å²) in [7, 11) is -4.66. The van der Waals surface area contributed by atoms with Crippen LogP contribution in [0.2, 0.25) is 5.02 Å². The SMILES string of the molecule is O=S(=O)(O)C(O)c1cc(F)cc(Cl)c1. The maximum atomic E-state index is 12.7. The van der Waals surface area contributed by atoms with Gasteiger partial charge in [0.1, 0.15) is 5.82 Å². The monoisotopic (exact) mass is 240 g/mol. The number of aliphatic hydroxyl groups excluding tert-OH is 1. The van der Waals surface area contributed by atoms with Crippen molar-refractivity contribution >= 4 is 21.7 Å². The zero-order valence-corrected chi connectivity index (χ0v) is 8.26. The summed E-state index contributed by atoms with van der Waals surface area (Å²) in [6.45, 7) is 0. The van der Waals surface area contributed by atoms with E-state index in [-0.39, 0.29) is 10.6 Å². The van der Waals surface area contributed by atoms with E-state index in [9.17, 15) is 12.8 Å². The zero-order chi connectivity index (χ0) is 10.9. The fraction of sp³-hybridized carbons (Fsp3) is 0.143. The lowest BCUT2D eigenvalue weighted by molar-refractivity contribution is 0.238. The van der Waals surface area contributed by atoms with Crippen molar-refractivity contribution in [2.24, 2.45) is 0 Å². The first-order chi connectivity index (χ1) is 6.30. The number of hydrogen-bond donors (Lipinski definition) is 2. The number of rotatable bonds is 2. The molecule has 0 amide bonds. The molecule has 0 aliphatic heterocycles. The van der Waals surface area contributed by atoms with Crippen molar-refractivity contribution in [3.8, 4) is 0 Å². The fourth-order valence-electron chi connectivity index (χ4n) is 0.890. The molecule has 0 aliphatic rings. The Morgan fingerprint density at radius 3 is 2.36 bits per heavy atom. The molecule has 2 N–H and O–H groups in total. The molecule has 0 radical (unpaired) electrons. The van der Waals surface area contributed by atoms with Crippen LogP contribution in [0.3, 0.4) is 0 Å². The highest BCUT2D eigenvalue weighted by atomic mass is 35.5. The predicted octanol–water partition coefficient (Wildman–Crippen LogP) is 1.36. The second kappa shape index (κ2) is 3.82. The number of halogens is 2. The summed E-state index contributed by atoms with van der Waals surface area (Å²) in [5.41, 5.74) is -2.51. The molecule has 14 heavy (non-hydrogen) atoms. The highest BCUT2D eigenvalue weighted by molar-refractivity contribution is 7.85. The maximum absolute atomic E-state index is 12.7. The van der Waals surface area contributed by atoms with Gasteiger partial charge in [0.15, 0.2) is 0 Å². The molecule has 0 heterocycles. The molecule has 0 fully saturated rings. The third-order valence-electron chi connectivity index (χ3n) is 1.45. The average molecular weight is 241 g/mol. The van der Waals surface area contributed by atoms with E-state index >= 15 is 0 Å². The highest BCUT2D eigenvalue weighted by Gasteiger charge is 2.22. The molecule has 1 unspecified atom stereocenters. The molecular formula is C7H6ClFO4S. The Morgan fingerprint density at radius 2 is 1.93 bits per heavy atom. The average Bonchev–Trinajstić information content (AvgIpc) is 1.99. The Morgan fingerprint density at radius 1 is 1.36 bits per heavy atom. The predicted molar refractivity (Wildman–Crippen MR) is 47.9 cm³/mol. The van der Waals surface area contributed by atoms with E-state index in [0.29, 0.717) is 0 Å². The van der Waals surface area contributed by atoms with E-state index in [2.05, 4.69) is 0 Å². The summed E-state index contributed by atoms with van der Waals surface area (Å²) in [5, 5.41) is 8.98. The van der Waals surface area contributed by atoms with Gasteiger partial charge in [0.25, 0.3) is 10.1 Å². The minimum atomic E-state index is -4.66. The maximum Gasteiger partial charge on any atom is 0.296 e. The van der Waals surface area contributed by atoms with Crippen molar-refractivity contribution in [1.82, 2.24) is 0 Å². The summed E-state index contributed by atoms with van der Waals surface area (Å²) < 4.78 is 42.2. The zero-order valence-electron chi connectivity index (χ0n) is 6.68. The van der Waals surface area contributed by atoms with Gasteiger partial charge in [0.2, 0.25) is 5.44 Å². The van der Waals surface area contributed by atoms with Gasteiger partial charge in [-0.3, -0.25) is 4.55 Å². The van der Waals surface area contributed by atoms with E-state index in [4.69, 9.17) is 21.3 Å². The van der Waals surface area contributed by atoms with Crippen LogP contribution in [0.4, 0.5) is 4.39 Å². The lowest BCUT2D eigenvalue weighted by atomic mass is 10.2. The van der Waals surface area contributed by atoms with Crippen molar-refractivity contribution in [3.05, 3.63) is 34.6 Å². The first-order valence-electron chi connectivity index (χ1n) is 3.41. The minimum Gasteiger partial charge on any atom is -0.371 e. The van der Waals surface area contributed by atoms with Crippen molar-refractivity contribution in [3.63, 3.8) is 0 Å². The van der Waals surface area contributed by atoms with Crippen LogP contribution in [-0.2, 0) is 10.1 Å². The smallest absolute Gasteiger partial charge is 0.296 e. The van der Waals surface area contributed by atoms with Gasteiger partial charge in [-0.25, -0.2) is 4.39 Å². The Hall–Kier alpha value is -0.690. The fourth-order valence-corrected chi connectivity index (χ4v) is 1.60. The quantitative estimate of drug-likeness (QED) is 0.766. The second-order valence-corrected chi connectivity index (χ2v) is 4.48. The normalized spacial score (nSPS) is 14.0. The number of benzene rings is 1. The first-order valence-corrected chi connectivity index (χ1v) is 5.29. The molecule has 0 aromatic heterocycles. The van der Waals surface area contributed by atoms with Crippen molar-refractivity contribution in [1.29, 1.82) is 0 Å². The van der Waals surface area contributed by atoms with E-state index in [1.54, 1.807) is 0 Å². The molecule has 78 valence electrons. The van der Waals surface area contributed by atoms with E-state index in [1.807, 2.05) is 0 Å². The van der Waals surface area contributed by atoms with Gasteiger partial charge in [0, 0.05) is 10.6 Å². The lowest BCUT2D eigenvalue weighted by Gasteiger charge is -2.07. The van der Waals surface area contributed by atoms with Crippen LogP contribution in [0, 0.1) is 5.82 Å². The molecule has 1 atom stereocenters. The summed E-state index contributed by atoms with van der Waals surface area (Å²) in [5.74, 6) is -0.796. The summed E-state index contributed by atoms with van der Waals surface area (Å²) in [6, 6.07) is 2.76. The minimum absolute atomic E-state index is 0.0669. The van der Waals surface area contributed by atoms with Crippen LogP contribution in [0.1, 0.15) is 11.0 Å². The molecule has 0 saturated heterocycles. The Labute approximate surface area is 84.7 Å². The van der Waals surface area contributed by atoms with Crippen molar-refractivity contribution < 1.29 is 22.5 Å². The van der Waals surface area contributed by atoms with Crippen LogP contribution in [0.15, 0.2) is 18.2 Å². The molecule has 0 saturated carbocycles. The summed E-state index contributed by atoms with van der Waals surface area (Å²) in [6.07, 6.45) is 0. The Balaban J connectivity index is 3.20. The third-order valence-corrected chi connectivity index (χ3v) is 2.51. The highest BCUT2D eigenvalue weighted by Crippen LogP contribution is 2.22. The number of aliphatic hydroxyl groups is 1. The molecule has 0 aliphatic carbocycles. The van der Waals surface area contributed by atoms with Gasteiger partial charge >= 0.3 is 0 Å². The van der Waals surface area contributed by atoms with Gasteiger partial charge in [-0.05, 0) is 18.2 Å². The van der Waals surface area contributed by atoms with Crippen molar-refractivity contribution in [2.75, 3.05) is 0 Å². The molecular weight excluding hydrogens is 235 g/mol. The molecule has 1 aromatic rings. The van der Waals surface area contributed by atoms with Crippen LogP contribution in [0.5, 0.6) is 0 Å². The largest absolute Gasteiger partial charge is 0.371 e. The first kappa shape index (κ1) is 11.4. The molecule has 1 aromatic carbocycles. The topological polar surface area (TPSA) is 74.6 Å². The van der Waals surface area contributed by atoms with E-state index in [1.165, 1.54) is 0 Å². The standard InChI is InChI=1S/C7H6ClFO4S/c8-5-1-4(2-6(9)3-5)7(10)14(11,12)13/h1-3,7,10H,(H,11,12,13).